The van der Waals surface area contributed by atoms with E-state index >= 15 is 0 Å². The fraction of sp³-hybridized carbons (Fsp3) is 0.461. The van der Waals surface area contributed by atoms with Gasteiger partial charge >= 0.3 is 0 Å². The van der Waals surface area contributed by atoms with Crippen molar-refractivity contribution in [1.29, 1.82) is 0 Å². The van der Waals surface area contributed by atoms with Crippen molar-refractivity contribution >= 4 is 74.3 Å². The van der Waals surface area contributed by atoms with Crippen LogP contribution in [0, 0.1) is 13.8 Å². The Morgan fingerprint density at radius 2 is 0.742 bits per heavy atom. The zero-order valence-electron chi connectivity index (χ0n) is 61.8. The Bertz CT molecular complexity index is 4380. The summed E-state index contributed by atoms with van der Waals surface area (Å²) in [6, 6.07) is 53.2. The van der Waals surface area contributed by atoms with Gasteiger partial charge in [-0.3, -0.25) is 0 Å². The first kappa shape index (κ1) is 63.6. The van der Waals surface area contributed by atoms with Gasteiger partial charge in [0.1, 0.15) is 0 Å². The molecular formula is C89H108BN3. The molecule has 6 aliphatic rings. The third kappa shape index (κ3) is 9.74. The molecule has 0 fully saturated rings. The smallest absolute Gasteiger partial charge is 0.252 e. The minimum absolute atomic E-state index is 0.0108. The van der Waals surface area contributed by atoms with Crippen LogP contribution in [0.25, 0.3) is 11.1 Å². The summed E-state index contributed by atoms with van der Waals surface area (Å²) < 4.78 is 0. The molecule has 14 rings (SSSR count). The van der Waals surface area contributed by atoms with Gasteiger partial charge in [-0.2, -0.15) is 0 Å². The Morgan fingerprint density at radius 1 is 0.333 bits per heavy atom. The van der Waals surface area contributed by atoms with Crippen LogP contribution in [-0.2, 0) is 54.1 Å². The first-order valence-corrected chi connectivity index (χ1v) is 35.7. The first-order chi connectivity index (χ1) is 43.0. The Kier molecular flexibility index (Phi) is 13.8. The van der Waals surface area contributed by atoms with Gasteiger partial charge in [0.05, 0.1) is 5.69 Å². The van der Waals surface area contributed by atoms with E-state index in [1.165, 1.54) is 153 Å². The zero-order valence-corrected chi connectivity index (χ0v) is 61.8. The summed E-state index contributed by atoms with van der Waals surface area (Å²) in [5.74, 6) is 0. The van der Waals surface area contributed by atoms with Crippen molar-refractivity contribution in [3.63, 3.8) is 0 Å². The van der Waals surface area contributed by atoms with Crippen LogP contribution in [0.4, 0.5) is 51.2 Å². The Morgan fingerprint density at radius 3 is 1.22 bits per heavy atom. The molecule has 3 nitrogen and oxygen atoms in total. The molecule has 2 heterocycles. The second kappa shape index (κ2) is 20.1. The molecule has 0 saturated carbocycles. The lowest BCUT2D eigenvalue weighted by atomic mass is 9.33. The molecule has 4 heteroatoms. The molecule has 0 atom stereocenters. The first-order valence-electron chi connectivity index (χ1n) is 35.7. The Balaban J connectivity index is 1.19. The predicted octanol–water partition coefficient (Wildman–Crippen LogP) is 23.1. The van der Waals surface area contributed by atoms with Crippen molar-refractivity contribution in [1.82, 2.24) is 0 Å². The third-order valence-corrected chi connectivity index (χ3v) is 24.7. The van der Waals surface area contributed by atoms with Gasteiger partial charge in [0.25, 0.3) is 6.71 Å². The molecule has 0 aromatic heterocycles. The van der Waals surface area contributed by atoms with Gasteiger partial charge in [0, 0.05) is 56.5 Å². The summed E-state index contributed by atoms with van der Waals surface area (Å²) in [4.78, 5) is 8.22. The summed E-state index contributed by atoms with van der Waals surface area (Å²) in [6.45, 7) is 61.1. The van der Waals surface area contributed by atoms with Gasteiger partial charge in [-0.05, 0) is 256 Å². The van der Waals surface area contributed by atoms with Crippen molar-refractivity contribution in [2.24, 2.45) is 0 Å². The molecule has 93 heavy (non-hydrogen) atoms. The van der Waals surface area contributed by atoms with Crippen LogP contribution in [0.2, 0.25) is 0 Å². The maximum Gasteiger partial charge on any atom is 0.252 e. The number of anilines is 9. The third-order valence-electron chi connectivity index (χ3n) is 24.7. The molecule has 0 amide bonds. The molecule has 8 aromatic rings. The van der Waals surface area contributed by atoms with Crippen molar-refractivity contribution in [3.05, 3.63) is 200 Å². The van der Waals surface area contributed by atoms with Crippen LogP contribution in [0.15, 0.2) is 127 Å². The van der Waals surface area contributed by atoms with Gasteiger partial charge in [-0.25, -0.2) is 0 Å². The maximum absolute atomic E-state index is 2.87. The van der Waals surface area contributed by atoms with E-state index < -0.39 is 0 Å². The average Bonchev–Trinajstić information content (AvgIpc) is 1.67. The number of rotatable bonds is 5. The standard InChI is InChI=1S/C89H108BN3/c1-53-44-57(82(9,10)11)30-37-72(53)92-74-52-69-67(86(18,19)41-43-88(69,22)23)50-71(74)90-70-36-35-62-77(61-48-65-66(49-63(61)89(62,24)25)85(16,17)40-39-84(65,14)15)79(70)93(73-51-68-64(45-54(73)2)83(12,13)38-42-87(68,20)21)76-47-60(46-75(92)78(76)90)91(58-31-26-55(27-32-58)80(3,4)5)59-33-28-56(29-34-59)81(6,7)8/h26-37,44-52H,38-43H2,1-25H3. The lowest BCUT2D eigenvalue weighted by Gasteiger charge is -2.49. The number of hydrogen-bond donors (Lipinski definition) is 0. The zero-order chi connectivity index (χ0) is 67.0. The molecule has 0 radical (unpaired) electrons. The molecule has 8 aromatic carbocycles. The van der Waals surface area contributed by atoms with Crippen LogP contribution in [0.3, 0.4) is 0 Å². The molecule has 0 bridgehead atoms. The molecule has 0 N–H and O–H groups in total. The van der Waals surface area contributed by atoms with Gasteiger partial charge in [-0.1, -0.05) is 226 Å². The van der Waals surface area contributed by atoms with Gasteiger partial charge in [0.15, 0.2) is 0 Å². The number of nitrogens with zero attached hydrogens (tertiary/aromatic N) is 3. The Hall–Kier alpha value is -6.78. The summed E-state index contributed by atoms with van der Waals surface area (Å²) in [5.41, 5.74) is 36.4. The Labute approximate surface area is 562 Å². The van der Waals surface area contributed by atoms with Crippen molar-refractivity contribution in [2.45, 2.75) is 266 Å². The van der Waals surface area contributed by atoms with Crippen LogP contribution in [0.5, 0.6) is 0 Å². The summed E-state index contributed by atoms with van der Waals surface area (Å²) in [6.07, 6.45) is 6.94. The highest BCUT2D eigenvalue weighted by atomic mass is 15.2. The van der Waals surface area contributed by atoms with Crippen molar-refractivity contribution in [2.75, 3.05) is 14.7 Å². The number of fused-ring (bicyclic) bond motifs is 11. The lowest BCUT2D eigenvalue weighted by molar-refractivity contribution is 0.331. The molecule has 482 valence electrons. The number of aryl methyl sites for hydroxylation is 2. The summed E-state index contributed by atoms with van der Waals surface area (Å²) in [7, 11) is 0. The van der Waals surface area contributed by atoms with Gasteiger partial charge < -0.3 is 14.7 Å². The van der Waals surface area contributed by atoms with E-state index in [-0.39, 0.29) is 60.9 Å². The van der Waals surface area contributed by atoms with E-state index in [1.54, 1.807) is 0 Å². The van der Waals surface area contributed by atoms with Crippen molar-refractivity contribution < 1.29 is 0 Å². The summed E-state index contributed by atoms with van der Waals surface area (Å²) >= 11 is 0. The normalized spacial score (nSPS) is 19.5. The second-order valence-corrected chi connectivity index (χ2v) is 37.6. The number of hydrogen-bond acceptors (Lipinski definition) is 3. The van der Waals surface area contributed by atoms with Crippen LogP contribution in [-0.4, -0.2) is 6.71 Å². The monoisotopic (exact) mass is 1230 g/mol. The molecule has 0 saturated heterocycles. The van der Waals surface area contributed by atoms with Gasteiger partial charge in [0.2, 0.25) is 0 Å². The van der Waals surface area contributed by atoms with Gasteiger partial charge in [-0.15, -0.1) is 0 Å². The molecule has 4 aliphatic carbocycles. The molecular weight excluding hydrogens is 1120 g/mol. The molecule has 2 aliphatic heterocycles. The SMILES string of the molecule is Cc1cc(C(C)(C)C)ccc1N1c2cc3c(cc2B2c4ccc5c(c4N(c4cc6c(cc4C)C(C)(C)CCC6(C)C)c4cc(N(c6ccc(C(C)(C)C)cc6)c6ccc(C(C)(C)C)cc6)cc1c42)-c1cc2c(cc1C5(C)C)C(C)(C)CCC2(C)C)C(C)(C)CCC3(C)C. The highest BCUT2D eigenvalue weighted by molar-refractivity contribution is 7.00. The minimum atomic E-state index is -0.260. The largest absolute Gasteiger partial charge is 0.311 e. The van der Waals surface area contributed by atoms with E-state index in [2.05, 4.69) is 315 Å². The van der Waals surface area contributed by atoms with E-state index in [0.29, 0.717) is 0 Å². The van der Waals surface area contributed by atoms with E-state index in [9.17, 15) is 0 Å². The van der Waals surface area contributed by atoms with Crippen molar-refractivity contribution in [3.8, 4) is 11.1 Å². The van der Waals surface area contributed by atoms with Crippen LogP contribution >= 0.6 is 0 Å². The quantitative estimate of drug-likeness (QED) is 0.159. The minimum Gasteiger partial charge on any atom is -0.311 e. The maximum atomic E-state index is 2.87. The highest BCUT2D eigenvalue weighted by Crippen LogP contribution is 2.61. The number of benzene rings is 8. The van der Waals surface area contributed by atoms with Crippen LogP contribution in [0.1, 0.15) is 270 Å². The molecule has 0 unspecified atom stereocenters. The predicted molar refractivity (Wildman–Crippen MR) is 404 cm³/mol. The topological polar surface area (TPSA) is 9.72 Å². The van der Waals surface area contributed by atoms with Crippen LogP contribution < -0.4 is 31.1 Å². The second-order valence-electron chi connectivity index (χ2n) is 37.6. The molecule has 0 spiro atoms. The van der Waals surface area contributed by atoms with E-state index in [4.69, 9.17) is 0 Å². The lowest BCUT2D eigenvalue weighted by Crippen LogP contribution is -2.62. The van der Waals surface area contributed by atoms with E-state index in [0.717, 1.165) is 36.3 Å². The highest BCUT2D eigenvalue weighted by Gasteiger charge is 2.52. The fourth-order valence-corrected chi connectivity index (χ4v) is 18.0. The summed E-state index contributed by atoms with van der Waals surface area (Å²) in [5, 5.41) is 0. The van der Waals surface area contributed by atoms with E-state index in [1.807, 2.05) is 0 Å². The fourth-order valence-electron chi connectivity index (χ4n) is 18.0. The average molecular weight is 1230 g/mol.